The van der Waals surface area contributed by atoms with E-state index in [-0.39, 0.29) is 11.5 Å². The van der Waals surface area contributed by atoms with E-state index in [2.05, 4.69) is 22.1 Å². The van der Waals surface area contributed by atoms with E-state index in [1.807, 2.05) is 67.6 Å². The summed E-state index contributed by atoms with van der Waals surface area (Å²) in [5, 5.41) is 4.52. The Morgan fingerprint density at radius 1 is 1.03 bits per heavy atom. The number of para-hydroxylation sites is 2. The Kier molecular flexibility index (Phi) is 5.41. The van der Waals surface area contributed by atoms with Crippen LogP contribution in [0.15, 0.2) is 88.2 Å². The predicted molar refractivity (Wildman–Crippen MR) is 123 cm³/mol. The van der Waals surface area contributed by atoms with Crippen LogP contribution >= 0.6 is 0 Å². The van der Waals surface area contributed by atoms with Crippen LogP contribution < -0.4 is 16.0 Å². The van der Waals surface area contributed by atoms with Gasteiger partial charge in [0.2, 0.25) is 0 Å². The van der Waals surface area contributed by atoms with Crippen molar-refractivity contribution in [1.29, 1.82) is 0 Å². The molecule has 1 aliphatic rings. The molecule has 0 unspecified atom stereocenters. The number of hydrogen-bond acceptors (Lipinski definition) is 3. The summed E-state index contributed by atoms with van der Waals surface area (Å²) in [6.07, 6.45) is 1.60. The third-order valence-electron chi connectivity index (χ3n) is 4.85. The summed E-state index contributed by atoms with van der Waals surface area (Å²) in [6.45, 7) is 7.92. The van der Waals surface area contributed by atoms with Gasteiger partial charge in [-0.1, -0.05) is 48.6 Å². The number of nitrogens with zero attached hydrogens (tertiary/aromatic N) is 3. The van der Waals surface area contributed by atoms with Crippen LogP contribution in [0.1, 0.15) is 18.2 Å². The van der Waals surface area contributed by atoms with Gasteiger partial charge in [0.25, 0.3) is 11.5 Å². The number of nitrogens with one attached hydrogen (secondary N) is 2. The molecule has 1 saturated heterocycles. The van der Waals surface area contributed by atoms with E-state index in [1.54, 1.807) is 13.0 Å². The van der Waals surface area contributed by atoms with Gasteiger partial charge < -0.3 is 0 Å². The quantitative estimate of drug-likeness (QED) is 0.497. The number of amides is 1. The van der Waals surface area contributed by atoms with Crippen molar-refractivity contribution in [3.8, 4) is 5.69 Å². The number of benzene rings is 2. The third kappa shape index (κ3) is 3.98. The minimum absolute atomic E-state index is 0.235. The van der Waals surface area contributed by atoms with Crippen molar-refractivity contribution in [2.75, 3.05) is 11.6 Å². The van der Waals surface area contributed by atoms with E-state index in [9.17, 15) is 9.59 Å². The molecule has 0 saturated carbocycles. The number of aliphatic imine (C=N–C) groups is 1. The number of anilines is 1. The van der Waals surface area contributed by atoms with Crippen molar-refractivity contribution < 1.29 is 4.79 Å². The normalized spacial score (nSPS) is 16.2. The number of aryl methyl sites for hydroxylation is 1. The molecule has 0 aliphatic carbocycles. The highest BCUT2D eigenvalue weighted by Crippen LogP contribution is 2.22. The third-order valence-corrected chi connectivity index (χ3v) is 4.85. The topological polar surface area (TPSA) is 82.5 Å². The number of carbonyl (C=O) groups excluding carboxylic acids is 1. The number of H-pyrrole nitrogens is 1. The SMILES string of the molecule is C=C(C)CN=C1NN(c2ccccc2)C(=O)/C1=C/c1c(C)[nH]n(-c2ccccc2)c1=O. The summed E-state index contributed by atoms with van der Waals surface area (Å²) in [6, 6.07) is 18.5. The molecule has 1 aliphatic heterocycles. The van der Waals surface area contributed by atoms with Crippen LogP contribution in [0.25, 0.3) is 11.8 Å². The second kappa shape index (κ2) is 8.31. The monoisotopic (exact) mass is 413 g/mol. The van der Waals surface area contributed by atoms with Crippen molar-refractivity contribution in [2.45, 2.75) is 13.8 Å². The molecule has 2 aromatic carbocycles. The Morgan fingerprint density at radius 2 is 1.65 bits per heavy atom. The molecule has 0 bridgehead atoms. The van der Waals surface area contributed by atoms with Crippen molar-refractivity contribution in [1.82, 2.24) is 15.2 Å². The summed E-state index contributed by atoms with van der Waals surface area (Å²) in [7, 11) is 0. The highest BCUT2D eigenvalue weighted by Gasteiger charge is 2.33. The first-order valence-electron chi connectivity index (χ1n) is 9.90. The molecule has 0 atom stereocenters. The molecule has 1 fully saturated rings. The number of aromatic amines is 1. The summed E-state index contributed by atoms with van der Waals surface area (Å²) < 4.78 is 1.47. The maximum absolute atomic E-state index is 13.2. The summed E-state index contributed by atoms with van der Waals surface area (Å²) in [5.74, 6) is 0.126. The van der Waals surface area contributed by atoms with Gasteiger partial charge in [-0.05, 0) is 44.2 Å². The Morgan fingerprint density at radius 3 is 2.26 bits per heavy atom. The standard InChI is InChI=1S/C24H23N5O2/c1-16(2)15-25-22-21(24(31)29(27-22)19-12-8-5-9-13-19)14-20-17(3)26-28(23(20)30)18-10-6-4-7-11-18/h4-14,26H,1,15H2,2-3H3,(H,25,27)/b21-14+. The van der Waals surface area contributed by atoms with Gasteiger partial charge in [0.05, 0.1) is 29.1 Å². The average Bonchev–Trinajstić information content (AvgIpc) is 3.24. The van der Waals surface area contributed by atoms with Crippen LogP contribution in [-0.2, 0) is 4.79 Å². The fourth-order valence-corrected chi connectivity index (χ4v) is 3.29. The summed E-state index contributed by atoms with van der Waals surface area (Å²) in [5.41, 5.74) is 6.49. The van der Waals surface area contributed by atoms with Gasteiger partial charge in [0.1, 0.15) is 0 Å². The summed E-state index contributed by atoms with van der Waals surface area (Å²) in [4.78, 5) is 30.8. The molecule has 31 heavy (non-hydrogen) atoms. The molecule has 156 valence electrons. The van der Waals surface area contributed by atoms with E-state index >= 15 is 0 Å². The number of carbonyl (C=O) groups is 1. The summed E-state index contributed by atoms with van der Waals surface area (Å²) >= 11 is 0. The molecule has 0 spiro atoms. The molecule has 0 radical (unpaired) electrons. The fourth-order valence-electron chi connectivity index (χ4n) is 3.29. The molecule has 7 heteroatoms. The lowest BCUT2D eigenvalue weighted by molar-refractivity contribution is -0.114. The van der Waals surface area contributed by atoms with Crippen LogP contribution in [-0.4, -0.2) is 28.1 Å². The maximum Gasteiger partial charge on any atom is 0.280 e. The number of amidine groups is 1. The van der Waals surface area contributed by atoms with E-state index in [0.29, 0.717) is 34.9 Å². The Balaban J connectivity index is 1.80. The second-order valence-electron chi connectivity index (χ2n) is 7.39. The first kappa shape index (κ1) is 20.2. The Bertz CT molecular complexity index is 1250. The smallest absolute Gasteiger partial charge is 0.280 e. The molecule has 2 heterocycles. The number of hydrogen-bond donors (Lipinski definition) is 2. The van der Waals surface area contributed by atoms with E-state index < -0.39 is 0 Å². The Hall–Kier alpha value is -4.13. The number of hydrazine groups is 1. The lowest BCUT2D eigenvalue weighted by Gasteiger charge is -2.14. The van der Waals surface area contributed by atoms with Gasteiger partial charge in [0.15, 0.2) is 5.84 Å². The van der Waals surface area contributed by atoms with Crippen LogP contribution in [0, 0.1) is 6.92 Å². The predicted octanol–water partition coefficient (Wildman–Crippen LogP) is 3.38. The van der Waals surface area contributed by atoms with Gasteiger partial charge in [-0.15, -0.1) is 0 Å². The van der Waals surface area contributed by atoms with E-state index in [0.717, 1.165) is 11.3 Å². The second-order valence-corrected chi connectivity index (χ2v) is 7.39. The van der Waals surface area contributed by atoms with Crippen molar-refractivity contribution in [2.24, 2.45) is 4.99 Å². The highest BCUT2D eigenvalue weighted by atomic mass is 16.2. The molecule has 1 aromatic heterocycles. The zero-order valence-corrected chi connectivity index (χ0v) is 17.4. The van der Waals surface area contributed by atoms with Gasteiger partial charge in [0, 0.05) is 5.69 Å². The molecule has 7 nitrogen and oxygen atoms in total. The van der Waals surface area contributed by atoms with E-state index in [1.165, 1.54) is 9.69 Å². The van der Waals surface area contributed by atoms with Crippen LogP contribution in [0.2, 0.25) is 0 Å². The van der Waals surface area contributed by atoms with Gasteiger partial charge in [-0.3, -0.25) is 25.1 Å². The molecule has 3 aromatic rings. The highest BCUT2D eigenvalue weighted by molar-refractivity contribution is 6.33. The van der Waals surface area contributed by atoms with Crippen molar-refractivity contribution in [3.05, 3.63) is 100.0 Å². The molecular formula is C24H23N5O2. The largest absolute Gasteiger partial charge is 0.295 e. The zero-order chi connectivity index (χ0) is 22.0. The van der Waals surface area contributed by atoms with Crippen molar-refractivity contribution >= 4 is 23.5 Å². The number of rotatable bonds is 5. The molecule has 2 N–H and O–H groups in total. The lowest BCUT2D eigenvalue weighted by Crippen LogP contribution is -2.35. The van der Waals surface area contributed by atoms with Crippen molar-refractivity contribution in [3.63, 3.8) is 0 Å². The van der Waals surface area contributed by atoms with Gasteiger partial charge in [-0.2, -0.15) is 0 Å². The van der Waals surface area contributed by atoms with Crippen LogP contribution in [0.4, 0.5) is 5.69 Å². The fraction of sp³-hybridized carbons (Fsp3) is 0.125. The van der Waals surface area contributed by atoms with Crippen LogP contribution in [0.3, 0.4) is 0 Å². The molecular weight excluding hydrogens is 390 g/mol. The van der Waals surface area contributed by atoms with E-state index in [4.69, 9.17) is 0 Å². The first-order chi connectivity index (χ1) is 15.0. The molecule has 4 rings (SSSR count). The van der Waals surface area contributed by atoms with Crippen LogP contribution in [0.5, 0.6) is 0 Å². The van der Waals surface area contributed by atoms with Gasteiger partial charge >= 0.3 is 0 Å². The Labute approximate surface area is 180 Å². The minimum atomic E-state index is -0.280. The number of aromatic nitrogens is 2. The van der Waals surface area contributed by atoms with Gasteiger partial charge in [-0.25, -0.2) is 9.69 Å². The average molecular weight is 413 g/mol. The first-order valence-corrected chi connectivity index (χ1v) is 9.90. The molecule has 1 amide bonds. The zero-order valence-electron chi connectivity index (χ0n) is 17.4. The lowest BCUT2D eigenvalue weighted by atomic mass is 10.1. The maximum atomic E-state index is 13.2. The minimum Gasteiger partial charge on any atom is -0.295 e.